The molecule has 1 aliphatic rings. The lowest BCUT2D eigenvalue weighted by Crippen LogP contribution is -2.49. The molecule has 0 atom stereocenters. The molecule has 34 heavy (non-hydrogen) atoms. The molecule has 168 valence electrons. The summed E-state index contributed by atoms with van der Waals surface area (Å²) >= 11 is 0. The zero-order chi connectivity index (χ0) is 23.7. The molecule has 1 aromatic heterocycles. The van der Waals surface area contributed by atoms with Crippen molar-refractivity contribution in [1.29, 1.82) is 0 Å². The Morgan fingerprint density at radius 3 is 2.18 bits per heavy atom. The first-order valence-electron chi connectivity index (χ1n) is 10.9. The summed E-state index contributed by atoms with van der Waals surface area (Å²) in [5, 5.41) is 4.39. The molecule has 0 fully saturated rings. The van der Waals surface area contributed by atoms with Crippen molar-refractivity contribution in [3.8, 4) is 5.69 Å². The van der Waals surface area contributed by atoms with Gasteiger partial charge in [-0.2, -0.15) is 5.10 Å². The van der Waals surface area contributed by atoms with E-state index in [1.54, 1.807) is 34.7 Å². The van der Waals surface area contributed by atoms with Crippen molar-refractivity contribution in [3.63, 3.8) is 0 Å². The van der Waals surface area contributed by atoms with E-state index in [2.05, 4.69) is 5.10 Å². The summed E-state index contributed by atoms with van der Waals surface area (Å²) in [4.78, 5) is 42.5. The number of carbonyl (C=O) groups is 2. The van der Waals surface area contributed by atoms with Gasteiger partial charge in [0.25, 0.3) is 5.91 Å². The van der Waals surface area contributed by atoms with Gasteiger partial charge in [-0.1, -0.05) is 60.7 Å². The highest BCUT2D eigenvalue weighted by Gasteiger charge is 2.34. The van der Waals surface area contributed by atoms with E-state index in [-0.39, 0.29) is 18.1 Å². The Balaban J connectivity index is 1.54. The number of carbonyl (C=O) groups excluding carboxylic acids is 2. The van der Waals surface area contributed by atoms with Crippen LogP contribution in [0, 0.1) is 6.92 Å². The minimum atomic E-state index is -0.602. The van der Waals surface area contributed by atoms with Gasteiger partial charge in [-0.3, -0.25) is 19.3 Å². The lowest BCUT2D eigenvalue weighted by molar-refractivity contribution is -0.117. The smallest absolute Gasteiger partial charge is 0.283 e. The minimum Gasteiger partial charge on any atom is -0.304 e. The van der Waals surface area contributed by atoms with Crippen molar-refractivity contribution in [1.82, 2.24) is 9.78 Å². The molecule has 0 aliphatic carbocycles. The Morgan fingerprint density at radius 1 is 0.853 bits per heavy atom. The maximum Gasteiger partial charge on any atom is 0.283 e. The molecule has 4 aromatic rings. The summed E-state index contributed by atoms with van der Waals surface area (Å²) in [7, 11) is 0. The molecule has 0 saturated heterocycles. The number of aryl methyl sites for hydroxylation is 1. The number of anilines is 2. The van der Waals surface area contributed by atoms with E-state index >= 15 is 0 Å². The molecule has 0 unspecified atom stereocenters. The van der Waals surface area contributed by atoms with Gasteiger partial charge in [0.2, 0.25) is 11.3 Å². The maximum absolute atomic E-state index is 13.6. The number of hydrogen-bond acceptors (Lipinski definition) is 4. The van der Waals surface area contributed by atoms with E-state index in [9.17, 15) is 14.4 Å². The Kier molecular flexibility index (Phi) is 5.51. The van der Waals surface area contributed by atoms with Gasteiger partial charge < -0.3 is 4.90 Å². The van der Waals surface area contributed by atoms with Crippen molar-refractivity contribution in [2.24, 2.45) is 0 Å². The number of para-hydroxylation sites is 3. The second-order valence-electron chi connectivity index (χ2n) is 8.09. The quantitative estimate of drug-likeness (QED) is 0.475. The number of amides is 2. The van der Waals surface area contributed by atoms with Crippen LogP contribution in [-0.2, 0) is 11.3 Å². The van der Waals surface area contributed by atoms with Gasteiger partial charge in [0, 0.05) is 11.8 Å². The van der Waals surface area contributed by atoms with Crippen LogP contribution in [0.25, 0.3) is 5.69 Å². The lowest BCUT2D eigenvalue weighted by atomic mass is 10.1. The van der Waals surface area contributed by atoms with Gasteiger partial charge >= 0.3 is 0 Å². The van der Waals surface area contributed by atoms with Crippen LogP contribution in [0.15, 0.2) is 95.8 Å². The minimum absolute atomic E-state index is 0.178. The molecule has 0 saturated carbocycles. The maximum atomic E-state index is 13.6. The van der Waals surface area contributed by atoms with E-state index in [0.717, 1.165) is 11.3 Å². The van der Waals surface area contributed by atoms with E-state index in [1.807, 2.05) is 66.7 Å². The highest BCUT2D eigenvalue weighted by Crippen LogP contribution is 2.35. The number of hydrogen-bond donors (Lipinski definition) is 0. The Bertz CT molecular complexity index is 1430. The van der Waals surface area contributed by atoms with Gasteiger partial charge in [-0.15, -0.1) is 0 Å². The second kappa shape index (κ2) is 8.78. The summed E-state index contributed by atoms with van der Waals surface area (Å²) < 4.78 is 1.56. The van der Waals surface area contributed by atoms with Crippen LogP contribution in [0.2, 0.25) is 0 Å². The highest BCUT2D eigenvalue weighted by molar-refractivity contribution is 6.15. The van der Waals surface area contributed by atoms with E-state index < -0.39 is 11.3 Å². The van der Waals surface area contributed by atoms with E-state index in [4.69, 9.17) is 0 Å². The Hall–Kier alpha value is -4.52. The standard InChI is InChI=1S/C27H22N4O3/c1-19-16-24(32)26(28-31(19)21-12-6-3-7-13-21)27(34)30-18-25(33)29(17-20-10-4-2-5-11-20)22-14-8-9-15-23(22)30/h2-16H,17-18H2,1H3. The molecule has 0 bridgehead atoms. The third kappa shape index (κ3) is 3.88. The van der Waals surface area contributed by atoms with Crippen LogP contribution in [0.1, 0.15) is 21.7 Å². The van der Waals surface area contributed by atoms with Crippen molar-refractivity contribution in [3.05, 3.63) is 118 Å². The third-order valence-electron chi connectivity index (χ3n) is 5.80. The number of benzene rings is 3. The molecule has 7 nitrogen and oxygen atoms in total. The van der Waals surface area contributed by atoms with Crippen molar-refractivity contribution >= 4 is 23.2 Å². The molecule has 2 heterocycles. The van der Waals surface area contributed by atoms with E-state index in [1.165, 1.54) is 11.0 Å². The topological polar surface area (TPSA) is 75.5 Å². The van der Waals surface area contributed by atoms with Gasteiger partial charge in [0.15, 0.2) is 5.69 Å². The monoisotopic (exact) mass is 450 g/mol. The average Bonchev–Trinajstić information content (AvgIpc) is 2.86. The zero-order valence-corrected chi connectivity index (χ0v) is 18.6. The van der Waals surface area contributed by atoms with Crippen molar-refractivity contribution in [2.75, 3.05) is 16.3 Å². The number of nitrogens with zero attached hydrogens (tertiary/aromatic N) is 4. The molecule has 0 spiro atoms. The van der Waals surface area contributed by atoms with Crippen LogP contribution >= 0.6 is 0 Å². The largest absolute Gasteiger partial charge is 0.304 e. The normalized spacial score (nSPS) is 13.0. The summed E-state index contributed by atoms with van der Waals surface area (Å²) in [5.41, 5.74) is 2.80. The molecular weight excluding hydrogens is 428 g/mol. The predicted octanol–water partition coefficient (Wildman–Crippen LogP) is 3.73. The molecule has 7 heteroatoms. The second-order valence-corrected chi connectivity index (χ2v) is 8.09. The molecule has 0 N–H and O–H groups in total. The first-order valence-corrected chi connectivity index (χ1v) is 10.9. The van der Waals surface area contributed by atoms with Crippen molar-refractivity contribution in [2.45, 2.75) is 13.5 Å². The molecule has 3 aromatic carbocycles. The van der Waals surface area contributed by atoms with Crippen LogP contribution in [0.3, 0.4) is 0 Å². The average molecular weight is 450 g/mol. The van der Waals surface area contributed by atoms with Gasteiger partial charge in [-0.25, -0.2) is 4.68 Å². The Morgan fingerprint density at radius 2 is 1.47 bits per heavy atom. The Labute approximate surface area is 196 Å². The molecule has 1 aliphatic heterocycles. The number of fused-ring (bicyclic) bond motifs is 1. The van der Waals surface area contributed by atoms with Gasteiger partial charge in [0.05, 0.1) is 23.6 Å². The van der Waals surface area contributed by atoms with Crippen LogP contribution in [0.5, 0.6) is 0 Å². The highest BCUT2D eigenvalue weighted by atomic mass is 16.2. The number of aromatic nitrogens is 2. The predicted molar refractivity (Wildman–Crippen MR) is 130 cm³/mol. The molecular formula is C27H22N4O3. The van der Waals surface area contributed by atoms with Gasteiger partial charge in [-0.05, 0) is 36.8 Å². The fraction of sp³-hybridized carbons (Fsp3) is 0.111. The van der Waals surface area contributed by atoms with Gasteiger partial charge in [0.1, 0.15) is 6.54 Å². The SMILES string of the molecule is Cc1cc(=O)c(C(=O)N2CC(=O)N(Cc3ccccc3)c3ccccc32)nn1-c1ccccc1. The van der Waals surface area contributed by atoms with E-state index in [0.29, 0.717) is 23.6 Å². The fourth-order valence-corrected chi connectivity index (χ4v) is 4.14. The molecule has 2 amide bonds. The molecule has 5 rings (SSSR count). The summed E-state index contributed by atoms with van der Waals surface area (Å²) in [5.74, 6) is -0.832. The third-order valence-corrected chi connectivity index (χ3v) is 5.80. The zero-order valence-electron chi connectivity index (χ0n) is 18.6. The first kappa shape index (κ1) is 21.3. The summed E-state index contributed by atoms with van der Waals surface area (Å²) in [6.45, 7) is 1.97. The fourth-order valence-electron chi connectivity index (χ4n) is 4.14. The lowest BCUT2D eigenvalue weighted by Gasteiger charge is -2.36. The molecule has 0 radical (unpaired) electrons. The van der Waals surface area contributed by atoms with Crippen LogP contribution in [0.4, 0.5) is 11.4 Å². The first-order chi connectivity index (χ1) is 16.5. The van der Waals surface area contributed by atoms with Crippen LogP contribution in [-0.4, -0.2) is 28.1 Å². The van der Waals surface area contributed by atoms with Crippen LogP contribution < -0.4 is 15.2 Å². The summed E-state index contributed by atoms with van der Waals surface area (Å²) in [6.07, 6.45) is 0. The number of rotatable bonds is 4. The van der Waals surface area contributed by atoms with Crippen molar-refractivity contribution < 1.29 is 9.59 Å². The summed E-state index contributed by atoms with van der Waals surface area (Å²) in [6, 6.07) is 27.6.